The van der Waals surface area contributed by atoms with Gasteiger partial charge < -0.3 is 17.0 Å². The molecule has 0 unspecified atom stereocenters. The van der Waals surface area contributed by atoms with Gasteiger partial charge >= 0.3 is 0 Å². The quantitative estimate of drug-likeness (QED) is 0.200. The molecule has 0 amide bonds. The van der Waals surface area contributed by atoms with E-state index in [9.17, 15) is 0 Å². The van der Waals surface area contributed by atoms with Crippen molar-refractivity contribution in [2.24, 2.45) is 0 Å². The maximum absolute atomic E-state index is 2.38. The maximum atomic E-state index is 2.38. The van der Waals surface area contributed by atoms with Gasteiger partial charge in [-0.1, -0.05) is 85.5 Å². The van der Waals surface area contributed by atoms with Gasteiger partial charge in [-0.3, -0.25) is 0 Å². The molecule has 2 heteroatoms. The number of hydrogen-bond donors (Lipinski definition) is 0. The average Bonchev–Trinajstić information content (AvgIpc) is 2.58. The van der Waals surface area contributed by atoms with Crippen LogP contribution in [-0.2, 0) is 0 Å². The Morgan fingerprint density at radius 1 is 0.375 bits per heavy atom. The minimum Gasteiger partial charge on any atom is -1.00 e. The average molecular weight is 424 g/mol. The number of halogens is 1. The van der Waals surface area contributed by atoms with E-state index in [1.807, 2.05) is 0 Å². The minimum absolute atomic E-state index is 0. The topological polar surface area (TPSA) is 0 Å². The molecule has 0 aliphatic heterocycles. The van der Waals surface area contributed by atoms with Crippen LogP contribution < -0.4 is 17.0 Å². The van der Waals surface area contributed by atoms with Crippen molar-refractivity contribution in [1.82, 2.24) is 0 Å². The molecule has 0 saturated heterocycles. The number of hydrogen-bond acceptors (Lipinski definition) is 0. The van der Waals surface area contributed by atoms with Gasteiger partial charge in [-0.05, 0) is 32.1 Å². The van der Waals surface area contributed by atoms with Crippen molar-refractivity contribution in [3.8, 4) is 0 Å². The van der Waals surface area contributed by atoms with Gasteiger partial charge in [0.15, 0.2) is 0 Å². The van der Waals surface area contributed by atoms with E-state index < -0.39 is 7.26 Å². The molecule has 0 heterocycles. The van der Waals surface area contributed by atoms with Gasteiger partial charge in [-0.2, -0.15) is 0 Å². The summed E-state index contributed by atoms with van der Waals surface area (Å²) in [5.74, 6) is 0. The van der Waals surface area contributed by atoms with Gasteiger partial charge in [0.2, 0.25) is 0 Å². The van der Waals surface area contributed by atoms with Crippen LogP contribution in [-0.4, -0.2) is 24.6 Å². The summed E-state index contributed by atoms with van der Waals surface area (Å²) in [6.07, 6.45) is 27.0. The molecular weight excluding hydrogens is 375 g/mol. The second kappa shape index (κ2) is 20.2. The van der Waals surface area contributed by atoms with Crippen molar-refractivity contribution < 1.29 is 17.0 Å². The summed E-state index contributed by atoms with van der Waals surface area (Å²) in [4.78, 5) is 0. The van der Waals surface area contributed by atoms with Gasteiger partial charge in [0.1, 0.15) is 0 Å². The summed E-state index contributed by atoms with van der Waals surface area (Å²) in [5.41, 5.74) is 0. The lowest BCUT2D eigenvalue weighted by atomic mass is 10.1. The van der Waals surface area contributed by atoms with Crippen LogP contribution in [0.2, 0.25) is 0 Å². The lowest BCUT2D eigenvalue weighted by Gasteiger charge is -2.28. The monoisotopic (exact) mass is 422 g/mol. The third-order valence-electron chi connectivity index (χ3n) is 5.44. The molecule has 0 nitrogen and oxygen atoms in total. The van der Waals surface area contributed by atoms with Crippen molar-refractivity contribution in [2.75, 3.05) is 24.6 Å². The highest BCUT2D eigenvalue weighted by atomic mass is 79.9. The fourth-order valence-corrected chi connectivity index (χ4v) is 8.93. The summed E-state index contributed by atoms with van der Waals surface area (Å²) >= 11 is 0. The second-order valence-electron chi connectivity index (χ2n) is 7.77. The molecule has 148 valence electrons. The predicted molar refractivity (Wildman–Crippen MR) is 114 cm³/mol. The van der Waals surface area contributed by atoms with Crippen molar-refractivity contribution in [3.05, 3.63) is 0 Å². The van der Waals surface area contributed by atoms with Crippen molar-refractivity contribution >= 4 is 7.26 Å². The summed E-state index contributed by atoms with van der Waals surface area (Å²) in [6, 6.07) is 0. The summed E-state index contributed by atoms with van der Waals surface area (Å²) < 4.78 is 0. The molecule has 0 aliphatic rings. The fraction of sp³-hybridized carbons (Fsp3) is 1.00. The Bertz CT molecular complexity index is 208. The van der Waals surface area contributed by atoms with Gasteiger partial charge in [-0.15, -0.1) is 0 Å². The predicted octanol–water partition coefficient (Wildman–Crippen LogP) is 5.55. The lowest BCUT2D eigenvalue weighted by Crippen LogP contribution is -3.00. The van der Waals surface area contributed by atoms with Crippen molar-refractivity contribution in [1.29, 1.82) is 0 Å². The van der Waals surface area contributed by atoms with Gasteiger partial charge in [-0.25, -0.2) is 0 Å². The Kier molecular flexibility index (Phi) is 22.9. The zero-order chi connectivity index (χ0) is 17.2. The van der Waals surface area contributed by atoms with Crippen LogP contribution in [0.3, 0.4) is 0 Å². The molecule has 0 aliphatic carbocycles. The first kappa shape index (κ1) is 27.1. The van der Waals surface area contributed by atoms with E-state index >= 15 is 0 Å². The molecule has 0 N–H and O–H groups in total. The molecule has 0 fully saturated rings. The molecule has 0 bridgehead atoms. The highest BCUT2D eigenvalue weighted by Gasteiger charge is 2.34. The fourth-order valence-electron chi connectivity index (χ4n) is 3.73. The first-order valence-electron chi connectivity index (χ1n) is 11.1. The molecule has 0 saturated carbocycles. The molecule has 0 spiro atoms. The van der Waals surface area contributed by atoms with Crippen molar-refractivity contribution in [3.63, 3.8) is 0 Å². The van der Waals surface area contributed by atoms with Gasteiger partial charge in [0.05, 0.1) is 24.6 Å². The van der Waals surface area contributed by atoms with E-state index in [4.69, 9.17) is 0 Å². The van der Waals surface area contributed by atoms with Crippen LogP contribution in [0.25, 0.3) is 0 Å². The Hall–Kier alpha value is 0.910. The first-order valence-corrected chi connectivity index (χ1v) is 13.6. The number of rotatable bonds is 18. The summed E-state index contributed by atoms with van der Waals surface area (Å²) in [6.45, 7) is 9.45. The first-order chi connectivity index (χ1) is 11.2. The van der Waals surface area contributed by atoms with Crippen LogP contribution >= 0.6 is 7.26 Å². The van der Waals surface area contributed by atoms with Crippen LogP contribution in [0, 0.1) is 0 Å². The van der Waals surface area contributed by atoms with E-state index in [-0.39, 0.29) is 17.0 Å². The lowest BCUT2D eigenvalue weighted by molar-refractivity contribution is -0.00000535. The molecule has 0 rings (SSSR count). The zero-order valence-electron chi connectivity index (χ0n) is 17.6. The van der Waals surface area contributed by atoms with Crippen molar-refractivity contribution in [2.45, 2.75) is 118 Å². The highest BCUT2D eigenvalue weighted by molar-refractivity contribution is 7.75. The molecule has 0 aromatic carbocycles. The SMILES string of the molecule is CCCCCCCCCC[P+](CCCC)(CCCC)CCCC.[Br-]. The largest absolute Gasteiger partial charge is 1.00 e. The number of unbranched alkanes of at least 4 members (excludes halogenated alkanes) is 10. The van der Waals surface area contributed by atoms with E-state index in [1.54, 1.807) is 31.1 Å². The Morgan fingerprint density at radius 2 is 0.667 bits per heavy atom. The van der Waals surface area contributed by atoms with E-state index in [2.05, 4.69) is 27.7 Å². The van der Waals surface area contributed by atoms with Gasteiger partial charge in [0.25, 0.3) is 0 Å². The molecule has 0 aromatic rings. The highest BCUT2D eigenvalue weighted by Crippen LogP contribution is 2.61. The summed E-state index contributed by atoms with van der Waals surface area (Å²) in [5, 5.41) is 0. The normalized spacial score (nSPS) is 11.5. The molecule has 0 radical (unpaired) electrons. The van der Waals surface area contributed by atoms with Crippen LogP contribution in [0.5, 0.6) is 0 Å². The Labute approximate surface area is 166 Å². The van der Waals surface area contributed by atoms with Crippen LogP contribution in [0.1, 0.15) is 118 Å². The third-order valence-corrected chi connectivity index (χ3v) is 10.5. The smallest absolute Gasteiger partial charge is 0.0594 e. The van der Waals surface area contributed by atoms with E-state index in [0.717, 1.165) is 0 Å². The Morgan fingerprint density at radius 3 is 1.04 bits per heavy atom. The Balaban J connectivity index is 0. The van der Waals surface area contributed by atoms with Crippen LogP contribution in [0.4, 0.5) is 0 Å². The second-order valence-corrected chi connectivity index (χ2v) is 12.2. The molecule has 24 heavy (non-hydrogen) atoms. The summed E-state index contributed by atoms with van der Waals surface area (Å²) in [7, 11) is -0.612. The third kappa shape index (κ3) is 15.2. The molecule has 0 aromatic heterocycles. The maximum Gasteiger partial charge on any atom is 0.0594 e. The van der Waals surface area contributed by atoms with Gasteiger partial charge in [0, 0.05) is 7.26 Å². The van der Waals surface area contributed by atoms with Crippen LogP contribution in [0.15, 0.2) is 0 Å². The zero-order valence-corrected chi connectivity index (χ0v) is 20.0. The van der Waals surface area contributed by atoms with E-state index in [0.29, 0.717) is 0 Å². The standard InChI is InChI=1S/C22H48P.BrH/c1-5-9-13-14-15-16-17-18-22-23(19-10-6-2,20-11-7-3)21-12-8-4;/h5-22H2,1-4H3;1H/q+1;/p-1. The molecule has 0 atom stereocenters. The van der Waals surface area contributed by atoms with E-state index in [1.165, 1.54) is 83.5 Å². The minimum atomic E-state index is -0.612. The molecular formula is C22H48BrP.